The van der Waals surface area contributed by atoms with Crippen molar-refractivity contribution in [1.29, 1.82) is 5.26 Å². The lowest BCUT2D eigenvalue weighted by molar-refractivity contribution is 0.184. The number of nitrogens with zero attached hydrogens (tertiary/aromatic N) is 4. The summed E-state index contributed by atoms with van der Waals surface area (Å²) in [4.78, 5) is 4.45. The molecule has 19 heavy (non-hydrogen) atoms. The number of ether oxygens (including phenoxy) is 1. The van der Waals surface area contributed by atoms with E-state index in [1.165, 1.54) is 0 Å². The summed E-state index contributed by atoms with van der Waals surface area (Å²) in [6, 6.07) is 6.04. The minimum Gasteiger partial charge on any atom is -0.380 e. The van der Waals surface area contributed by atoms with Crippen molar-refractivity contribution in [2.75, 3.05) is 7.11 Å². The molecular formula is C14H16N4O. The third-order valence-electron chi connectivity index (χ3n) is 2.83. The quantitative estimate of drug-likeness (QED) is 0.844. The lowest BCUT2D eigenvalue weighted by Gasteiger charge is -2.11. The zero-order chi connectivity index (χ0) is 14.0. The monoisotopic (exact) mass is 256 g/mol. The molecule has 0 aliphatic heterocycles. The number of nitriles is 1. The molecule has 0 atom stereocenters. The molecule has 0 saturated heterocycles. The molecule has 0 saturated carbocycles. The predicted molar refractivity (Wildman–Crippen MR) is 71.0 cm³/mol. The molecular weight excluding hydrogens is 240 g/mol. The lowest BCUT2D eigenvalue weighted by atomic mass is 10.1. The highest BCUT2D eigenvalue weighted by atomic mass is 16.5. The highest BCUT2D eigenvalue weighted by Gasteiger charge is 2.15. The van der Waals surface area contributed by atoms with Gasteiger partial charge in [-0.15, -0.1) is 0 Å². The van der Waals surface area contributed by atoms with Gasteiger partial charge in [-0.1, -0.05) is 0 Å². The molecule has 2 aromatic rings. The molecule has 5 nitrogen and oxygen atoms in total. The van der Waals surface area contributed by atoms with E-state index in [2.05, 4.69) is 16.2 Å². The Morgan fingerprint density at radius 2 is 2.00 bits per heavy atom. The summed E-state index contributed by atoms with van der Waals surface area (Å²) in [6.45, 7) is 6.15. The first-order valence-corrected chi connectivity index (χ1v) is 6.00. The highest BCUT2D eigenvalue weighted by Crippen LogP contribution is 2.20. The fourth-order valence-electron chi connectivity index (χ4n) is 2.11. The molecule has 2 heterocycles. The van der Waals surface area contributed by atoms with Crippen LogP contribution in [0.4, 0.5) is 0 Å². The normalized spacial score (nSPS) is 10.5. The molecule has 5 heteroatoms. The van der Waals surface area contributed by atoms with Crippen LogP contribution in [0.3, 0.4) is 0 Å². The Hall–Kier alpha value is -2.19. The van der Waals surface area contributed by atoms with E-state index in [0.29, 0.717) is 18.0 Å². The maximum atomic E-state index is 9.39. The fraction of sp³-hybridized carbons (Fsp3) is 0.357. The van der Waals surface area contributed by atoms with Gasteiger partial charge in [0, 0.05) is 24.1 Å². The molecule has 0 aliphatic rings. The maximum absolute atomic E-state index is 9.39. The van der Waals surface area contributed by atoms with E-state index in [9.17, 15) is 5.26 Å². The van der Waals surface area contributed by atoms with Gasteiger partial charge in [0.1, 0.15) is 11.6 Å². The SMILES string of the molecule is COCc1cc(C)nc(-n2nc(C)cc2C)c1C#N. The van der Waals surface area contributed by atoms with Crippen molar-refractivity contribution >= 4 is 0 Å². The number of hydrogen-bond acceptors (Lipinski definition) is 4. The van der Waals surface area contributed by atoms with Crippen molar-refractivity contribution in [2.45, 2.75) is 27.4 Å². The molecule has 0 aliphatic carbocycles. The van der Waals surface area contributed by atoms with E-state index in [1.807, 2.05) is 32.9 Å². The molecule has 0 fully saturated rings. The third-order valence-corrected chi connectivity index (χ3v) is 2.83. The van der Waals surface area contributed by atoms with Gasteiger partial charge in [-0.05, 0) is 32.9 Å². The molecule has 0 spiro atoms. The zero-order valence-electron chi connectivity index (χ0n) is 11.6. The third kappa shape index (κ3) is 2.49. The highest BCUT2D eigenvalue weighted by molar-refractivity contribution is 5.50. The smallest absolute Gasteiger partial charge is 0.172 e. The molecule has 2 aromatic heterocycles. The van der Waals surface area contributed by atoms with Crippen LogP contribution in [0.2, 0.25) is 0 Å². The van der Waals surface area contributed by atoms with Crippen molar-refractivity contribution in [3.05, 3.63) is 40.3 Å². The number of aryl methyl sites for hydroxylation is 3. The van der Waals surface area contributed by atoms with Crippen LogP contribution in [0, 0.1) is 32.1 Å². The van der Waals surface area contributed by atoms with Gasteiger partial charge < -0.3 is 4.74 Å². The molecule has 0 radical (unpaired) electrons. The van der Waals surface area contributed by atoms with E-state index in [1.54, 1.807) is 11.8 Å². The van der Waals surface area contributed by atoms with Crippen LogP contribution in [0.25, 0.3) is 5.82 Å². The summed E-state index contributed by atoms with van der Waals surface area (Å²) in [6.07, 6.45) is 0. The Morgan fingerprint density at radius 1 is 1.26 bits per heavy atom. The van der Waals surface area contributed by atoms with Crippen molar-refractivity contribution in [1.82, 2.24) is 14.8 Å². The van der Waals surface area contributed by atoms with Gasteiger partial charge in [0.25, 0.3) is 0 Å². The molecule has 0 amide bonds. The van der Waals surface area contributed by atoms with Gasteiger partial charge in [0.15, 0.2) is 5.82 Å². The van der Waals surface area contributed by atoms with Crippen LogP contribution in [0.15, 0.2) is 12.1 Å². The number of methoxy groups -OCH3 is 1. The number of hydrogen-bond donors (Lipinski definition) is 0. The average Bonchev–Trinajstić information content (AvgIpc) is 2.68. The van der Waals surface area contributed by atoms with Crippen molar-refractivity contribution in [3.63, 3.8) is 0 Å². The van der Waals surface area contributed by atoms with Crippen molar-refractivity contribution in [2.24, 2.45) is 0 Å². The van der Waals surface area contributed by atoms with Gasteiger partial charge in [-0.2, -0.15) is 10.4 Å². The van der Waals surface area contributed by atoms with Gasteiger partial charge in [0.2, 0.25) is 0 Å². The predicted octanol–water partition coefficient (Wildman–Crippen LogP) is 2.21. The Morgan fingerprint density at radius 3 is 2.53 bits per heavy atom. The molecule has 2 rings (SSSR count). The van der Waals surface area contributed by atoms with Gasteiger partial charge in [-0.25, -0.2) is 9.67 Å². The summed E-state index contributed by atoms with van der Waals surface area (Å²) in [7, 11) is 1.61. The molecule has 0 bridgehead atoms. The second-order valence-corrected chi connectivity index (χ2v) is 4.51. The molecule has 98 valence electrons. The molecule has 0 unspecified atom stereocenters. The van der Waals surface area contributed by atoms with Crippen LogP contribution in [0.5, 0.6) is 0 Å². The molecule has 0 aromatic carbocycles. The minimum absolute atomic E-state index is 0.387. The summed E-state index contributed by atoms with van der Waals surface area (Å²) in [5.74, 6) is 0.570. The second kappa shape index (κ2) is 5.21. The first kappa shape index (κ1) is 13.2. The van der Waals surface area contributed by atoms with Crippen LogP contribution < -0.4 is 0 Å². The average molecular weight is 256 g/mol. The summed E-state index contributed by atoms with van der Waals surface area (Å²) < 4.78 is 6.85. The van der Waals surface area contributed by atoms with Crippen molar-refractivity contribution in [3.8, 4) is 11.9 Å². The zero-order valence-corrected chi connectivity index (χ0v) is 11.6. The van der Waals surface area contributed by atoms with E-state index in [0.717, 1.165) is 22.6 Å². The van der Waals surface area contributed by atoms with Crippen molar-refractivity contribution < 1.29 is 4.74 Å². The summed E-state index contributed by atoms with van der Waals surface area (Å²) in [5, 5.41) is 13.8. The van der Waals surface area contributed by atoms with Gasteiger partial charge in [0.05, 0.1) is 12.3 Å². The molecule has 0 N–H and O–H groups in total. The largest absolute Gasteiger partial charge is 0.380 e. The van der Waals surface area contributed by atoms with Crippen LogP contribution in [-0.2, 0) is 11.3 Å². The Bertz CT molecular complexity index is 652. The topological polar surface area (TPSA) is 63.7 Å². The van der Waals surface area contributed by atoms with E-state index in [4.69, 9.17) is 4.74 Å². The van der Waals surface area contributed by atoms with E-state index in [-0.39, 0.29) is 0 Å². The summed E-state index contributed by atoms with van der Waals surface area (Å²) >= 11 is 0. The van der Waals surface area contributed by atoms with Crippen LogP contribution >= 0.6 is 0 Å². The van der Waals surface area contributed by atoms with E-state index < -0.39 is 0 Å². The Kier molecular flexibility index (Phi) is 3.63. The minimum atomic E-state index is 0.387. The number of rotatable bonds is 3. The van der Waals surface area contributed by atoms with Crippen LogP contribution in [0.1, 0.15) is 28.2 Å². The van der Waals surface area contributed by atoms with E-state index >= 15 is 0 Å². The first-order chi connectivity index (χ1) is 9.06. The van der Waals surface area contributed by atoms with Gasteiger partial charge in [-0.3, -0.25) is 0 Å². The summed E-state index contributed by atoms with van der Waals surface area (Å²) in [5.41, 5.74) is 4.04. The Balaban J connectivity index is 2.69. The number of aromatic nitrogens is 3. The first-order valence-electron chi connectivity index (χ1n) is 6.00. The number of pyridine rings is 1. The second-order valence-electron chi connectivity index (χ2n) is 4.51. The van der Waals surface area contributed by atoms with Crippen LogP contribution in [-0.4, -0.2) is 21.9 Å². The fourth-order valence-corrected chi connectivity index (χ4v) is 2.11. The standard InChI is InChI=1S/C14H16N4O/c1-9-6-12(8-19-4)13(7-15)14(16-9)18-11(3)5-10(2)17-18/h5-6H,8H2,1-4H3. The lowest BCUT2D eigenvalue weighted by Crippen LogP contribution is -2.09. The maximum Gasteiger partial charge on any atom is 0.172 e. The Labute approximate surface area is 112 Å². The van der Waals surface area contributed by atoms with Gasteiger partial charge >= 0.3 is 0 Å².